The molecule has 9 aromatic carbocycles. The van der Waals surface area contributed by atoms with Crippen molar-refractivity contribution in [3.8, 4) is 50.7 Å². The third-order valence-electron chi connectivity index (χ3n) is 15.3. The molecule has 3 aromatic heterocycles. The van der Waals surface area contributed by atoms with Gasteiger partial charge in [0, 0.05) is 48.5 Å². The molecule has 0 spiro atoms. The Morgan fingerprint density at radius 3 is 1.75 bits per heavy atom. The first kappa shape index (κ1) is 54.8. The molecule has 0 aliphatic carbocycles. The number of imidazole rings is 1. The van der Waals surface area contributed by atoms with Crippen LogP contribution in [0.1, 0.15) is 130 Å². The topological polar surface area (TPSA) is 56.7 Å². The fraction of sp³-hybridized carbons (Fsp3) is 0.247. The van der Waals surface area contributed by atoms with Gasteiger partial charge in [0.1, 0.15) is 5.58 Å². The number of nitrogens with zero attached hydrogens (tertiary/aromatic N) is 4. The maximum atomic E-state index is 6.92. The second-order valence-corrected chi connectivity index (χ2v) is 24.8. The molecular formula is C73H70IrN4O-2. The number of para-hydroxylation sites is 2. The summed E-state index contributed by atoms with van der Waals surface area (Å²) in [5, 5.41) is 6.99. The summed E-state index contributed by atoms with van der Waals surface area (Å²) in [4.78, 5) is 14.3. The minimum absolute atomic E-state index is 0. The van der Waals surface area contributed by atoms with Crippen LogP contribution in [0.4, 0.5) is 0 Å². The Kier molecular flexibility index (Phi) is 14.8. The van der Waals surface area contributed by atoms with Gasteiger partial charge in [0.05, 0.1) is 28.3 Å². The van der Waals surface area contributed by atoms with Gasteiger partial charge in [-0.25, -0.2) is 0 Å². The minimum Gasteiger partial charge on any atom is -0.501 e. The standard InChI is InChI=1S/C59H55N2O.C14H15N2.Ir/c1-35(2)48-31-42(38-24-22-37(23-25-38)41-28-43(58(5,6)7)33-44(29-41)59(8,9)10)32-49(36(3)4)55(48)61-53-21-14-13-20-52(53)60-57(61)47-19-15-18-46-51-30-40-27-26-39-16-11-12-17-45(39)50(40)34-54(51)62-56(46)47;1-14(2,3)12-9-10-15-13(16-12)11-7-5-4-6-8-11;/h11-18,20-36H,1-10H3;4-7,9-10H,1-3H3;/q2*-1;. The third-order valence-corrected chi connectivity index (χ3v) is 15.3. The van der Waals surface area contributed by atoms with Crippen LogP contribution in [0.2, 0.25) is 0 Å². The van der Waals surface area contributed by atoms with Crippen LogP contribution in [0.3, 0.4) is 0 Å². The van der Waals surface area contributed by atoms with Gasteiger partial charge in [-0.1, -0.05) is 192 Å². The van der Waals surface area contributed by atoms with E-state index in [-0.39, 0.29) is 48.2 Å². The van der Waals surface area contributed by atoms with Crippen molar-refractivity contribution in [1.29, 1.82) is 0 Å². The number of hydrogen-bond donors (Lipinski definition) is 0. The number of furan rings is 1. The van der Waals surface area contributed by atoms with E-state index < -0.39 is 0 Å². The Hall–Kier alpha value is -7.50. The van der Waals surface area contributed by atoms with E-state index in [2.05, 4.69) is 250 Å². The van der Waals surface area contributed by atoms with Gasteiger partial charge < -0.3 is 8.98 Å². The zero-order valence-corrected chi connectivity index (χ0v) is 50.3. The molecule has 399 valence electrons. The zero-order valence-electron chi connectivity index (χ0n) is 47.9. The summed E-state index contributed by atoms with van der Waals surface area (Å²) in [6.45, 7) is 29.5. The van der Waals surface area contributed by atoms with E-state index in [1.807, 2.05) is 42.6 Å². The molecule has 0 fully saturated rings. The van der Waals surface area contributed by atoms with Gasteiger partial charge in [0.15, 0.2) is 0 Å². The number of rotatable bonds is 7. The molecule has 0 N–H and O–H groups in total. The van der Waals surface area contributed by atoms with Gasteiger partial charge in [-0.3, -0.25) is 15.0 Å². The van der Waals surface area contributed by atoms with Crippen molar-refractivity contribution in [2.24, 2.45) is 0 Å². The summed E-state index contributed by atoms with van der Waals surface area (Å²) < 4.78 is 9.31. The molecule has 0 aliphatic rings. The van der Waals surface area contributed by atoms with Crippen LogP contribution in [0, 0.1) is 12.1 Å². The van der Waals surface area contributed by atoms with E-state index >= 15 is 0 Å². The van der Waals surface area contributed by atoms with Crippen molar-refractivity contribution in [1.82, 2.24) is 19.5 Å². The summed E-state index contributed by atoms with van der Waals surface area (Å²) in [6, 6.07) is 67.9. The Morgan fingerprint density at radius 1 is 0.494 bits per heavy atom. The summed E-state index contributed by atoms with van der Waals surface area (Å²) in [7, 11) is 0. The van der Waals surface area contributed by atoms with Crippen molar-refractivity contribution in [2.45, 2.75) is 118 Å². The number of benzene rings is 9. The molecule has 0 amide bonds. The summed E-state index contributed by atoms with van der Waals surface area (Å²) in [5.74, 6) is 2.05. The number of aromatic nitrogens is 4. The molecule has 5 nitrogen and oxygen atoms in total. The Balaban J connectivity index is 0.000000356. The van der Waals surface area contributed by atoms with Crippen LogP contribution in [-0.2, 0) is 36.4 Å². The van der Waals surface area contributed by atoms with E-state index in [9.17, 15) is 0 Å². The minimum atomic E-state index is 0. The van der Waals surface area contributed by atoms with Crippen molar-refractivity contribution in [3.63, 3.8) is 0 Å². The van der Waals surface area contributed by atoms with Gasteiger partial charge in [-0.05, 0) is 131 Å². The molecule has 0 atom stereocenters. The first-order valence-corrected chi connectivity index (χ1v) is 27.6. The molecule has 3 heterocycles. The van der Waals surface area contributed by atoms with E-state index in [0.717, 1.165) is 61.4 Å². The summed E-state index contributed by atoms with van der Waals surface area (Å²) in [6.07, 6.45) is 1.81. The molecule has 12 aromatic rings. The second kappa shape index (κ2) is 21.3. The monoisotopic (exact) mass is 1210 g/mol. The van der Waals surface area contributed by atoms with Crippen molar-refractivity contribution in [2.75, 3.05) is 0 Å². The summed E-state index contributed by atoms with van der Waals surface area (Å²) >= 11 is 0. The normalized spacial score (nSPS) is 12.2. The van der Waals surface area contributed by atoms with Gasteiger partial charge >= 0.3 is 0 Å². The Morgan fingerprint density at radius 2 is 1.11 bits per heavy atom. The van der Waals surface area contributed by atoms with E-state index in [1.54, 1.807) is 0 Å². The van der Waals surface area contributed by atoms with Crippen molar-refractivity contribution >= 4 is 54.5 Å². The van der Waals surface area contributed by atoms with Crippen molar-refractivity contribution in [3.05, 3.63) is 216 Å². The van der Waals surface area contributed by atoms with Crippen molar-refractivity contribution < 1.29 is 24.5 Å². The van der Waals surface area contributed by atoms with E-state index in [1.165, 1.54) is 71.7 Å². The molecule has 1 radical (unpaired) electrons. The first-order valence-electron chi connectivity index (χ1n) is 27.6. The predicted molar refractivity (Wildman–Crippen MR) is 329 cm³/mol. The molecule has 6 heteroatoms. The van der Waals surface area contributed by atoms with Crippen LogP contribution in [0.15, 0.2) is 180 Å². The molecule has 0 unspecified atom stereocenters. The Bertz CT molecular complexity index is 4140. The van der Waals surface area contributed by atoms with Crippen LogP contribution < -0.4 is 0 Å². The molecule has 0 bridgehead atoms. The van der Waals surface area contributed by atoms with E-state index in [4.69, 9.17) is 9.40 Å². The zero-order chi connectivity index (χ0) is 54.8. The molecule has 0 aliphatic heterocycles. The average molecular weight is 1210 g/mol. The number of hydrogen-bond acceptors (Lipinski definition) is 4. The molecule has 0 saturated heterocycles. The fourth-order valence-corrected chi connectivity index (χ4v) is 10.8. The molecule has 12 rings (SSSR count). The molecular weight excluding hydrogens is 1140 g/mol. The van der Waals surface area contributed by atoms with Crippen LogP contribution in [0.5, 0.6) is 0 Å². The number of fused-ring (bicyclic) bond motifs is 7. The quantitative estimate of drug-likeness (QED) is 0.118. The van der Waals surface area contributed by atoms with Crippen LogP contribution in [0.25, 0.3) is 105 Å². The summed E-state index contributed by atoms with van der Waals surface area (Å²) in [5.41, 5.74) is 18.1. The third kappa shape index (κ3) is 10.7. The maximum Gasteiger partial charge on any atom is 0.121 e. The average Bonchev–Trinajstić information content (AvgIpc) is 4.13. The first-order chi connectivity index (χ1) is 37.2. The predicted octanol–water partition coefficient (Wildman–Crippen LogP) is 20.1. The second-order valence-electron chi connectivity index (χ2n) is 24.8. The Labute approximate surface area is 480 Å². The molecule has 0 saturated carbocycles. The fourth-order valence-electron chi connectivity index (χ4n) is 10.8. The molecule has 79 heavy (non-hydrogen) atoms. The SMILES string of the molecule is CC(C)(C)c1ccnc(-c2[c-]cccc2)n1.CC(C)c1cc(-c2ccc(-c3cc(C(C)(C)C)cc(C(C)(C)C)c3)cc2)cc(C(C)C)c1-n1c(-c2[c-]ccc3c2oc2cc4c(ccc5ccccc54)cc23)nc2ccccc21.[Ir]. The van der Waals surface area contributed by atoms with Gasteiger partial charge in [0.2, 0.25) is 0 Å². The van der Waals surface area contributed by atoms with Gasteiger partial charge in [-0.2, -0.15) is 0 Å². The largest absolute Gasteiger partial charge is 0.501 e. The van der Waals surface area contributed by atoms with Gasteiger partial charge in [-0.15, -0.1) is 54.1 Å². The smallest absolute Gasteiger partial charge is 0.121 e. The van der Waals surface area contributed by atoms with Crippen LogP contribution >= 0.6 is 0 Å². The van der Waals surface area contributed by atoms with Crippen LogP contribution in [-0.4, -0.2) is 19.5 Å². The van der Waals surface area contributed by atoms with Gasteiger partial charge in [0.25, 0.3) is 0 Å². The maximum absolute atomic E-state index is 6.92. The van der Waals surface area contributed by atoms with E-state index in [0.29, 0.717) is 0 Å².